The van der Waals surface area contributed by atoms with Crippen molar-refractivity contribution in [3.8, 4) is 10.7 Å². The van der Waals surface area contributed by atoms with Crippen LogP contribution < -0.4 is 10.7 Å². The average Bonchev–Trinajstić information content (AvgIpc) is 3.24. The largest absolute Gasteiger partial charge is 0.451 e. The maximum Gasteiger partial charge on any atom is 0.293 e. The summed E-state index contributed by atoms with van der Waals surface area (Å²) in [6, 6.07) is 10.2. The van der Waals surface area contributed by atoms with Gasteiger partial charge >= 0.3 is 0 Å². The van der Waals surface area contributed by atoms with Gasteiger partial charge in [0, 0.05) is 17.6 Å². The fourth-order valence-electron chi connectivity index (χ4n) is 2.35. The summed E-state index contributed by atoms with van der Waals surface area (Å²) in [7, 11) is 0. The van der Waals surface area contributed by atoms with Crippen LogP contribution in [0.2, 0.25) is 0 Å². The number of amides is 1. The average molecular weight is 448 g/mol. The Labute approximate surface area is 163 Å². The Balaban J connectivity index is 1.61. The van der Waals surface area contributed by atoms with Crippen molar-refractivity contribution in [1.29, 1.82) is 0 Å². The molecule has 0 unspecified atom stereocenters. The summed E-state index contributed by atoms with van der Waals surface area (Å²) in [5, 5.41) is 3.41. The summed E-state index contributed by atoms with van der Waals surface area (Å²) in [5.74, 6) is -0.0713. The van der Waals surface area contributed by atoms with Crippen molar-refractivity contribution in [2.24, 2.45) is 0 Å². The number of aromatic nitrogens is 2. The fourth-order valence-corrected chi connectivity index (χ4v) is 4.31. The Hall–Kier alpha value is -2.36. The first kappa shape index (κ1) is 17.1. The first-order valence-corrected chi connectivity index (χ1v) is 9.83. The minimum atomic E-state index is -0.542. The third-order valence-electron chi connectivity index (χ3n) is 3.55. The number of carbonyl (C=O) groups is 1. The monoisotopic (exact) mass is 447 g/mol. The molecular weight excluding hydrogens is 438 g/mol. The smallest absolute Gasteiger partial charge is 0.293 e. The van der Waals surface area contributed by atoms with Gasteiger partial charge < -0.3 is 4.42 Å². The van der Waals surface area contributed by atoms with Gasteiger partial charge in [-0.15, -0.1) is 11.3 Å². The molecular formula is C17H10BrN3O3S2. The standard InChI is InChI=1S/C17H10BrN3O3S2/c1-8-2-3-11-9(6-8)10(22)7-12(24-11)16(23)20-17-19-15(21-26-17)13-4-5-14(18)25-13/h2-7H,1H3,(H,19,20,21,23). The topological polar surface area (TPSA) is 85.1 Å². The second kappa shape index (κ2) is 6.75. The van der Waals surface area contributed by atoms with Crippen molar-refractivity contribution in [1.82, 2.24) is 9.36 Å². The molecule has 1 amide bonds. The molecule has 130 valence electrons. The number of thiophene rings is 1. The van der Waals surface area contributed by atoms with E-state index in [1.54, 1.807) is 12.1 Å². The molecule has 0 aliphatic heterocycles. The van der Waals surface area contributed by atoms with Crippen LogP contribution in [0.25, 0.3) is 21.7 Å². The second-order valence-electron chi connectivity index (χ2n) is 5.46. The SMILES string of the molecule is Cc1ccc2oc(C(=O)Nc3nc(-c4ccc(Br)s4)ns3)cc(=O)c2c1. The van der Waals surface area contributed by atoms with Crippen LogP contribution in [-0.2, 0) is 0 Å². The maximum absolute atomic E-state index is 12.4. The van der Waals surface area contributed by atoms with E-state index in [9.17, 15) is 9.59 Å². The molecule has 0 bridgehead atoms. The van der Waals surface area contributed by atoms with Crippen molar-refractivity contribution < 1.29 is 9.21 Å². The molecule has 0 aliphatic rings. The molecule has 1 N–H and O–H groups in total. The predicted octanol–water partition coefficient (Wildman–Crippen LogP) is 4.70. The van der Waals surface area contributed by atoms with Gasteiger partial charge in [-0.1, -0.05) is 11.6 Å². The Morgan fingerprint density at radius 3 is 2.85 bits per heavy atom. The highest BCUT2D eigenvalue weighted by Crippen LogP contribution is 2.31. The van der Waals surface area contributed by atoms with E-state index < -0.39 is 5.91 Å². The van der Waals surface area contributed by atoms with Gasteiger partial charge in [-0.3, -0.25) is 14.9 Å². The first-order valence-electron chi connectivity index (χ1n) is 7.45. The van der Waals surface area contributed by atoms with Crippen molar-refractivity contribution in [3.63, 3.8) is 0 Å². The van der Waals surface area contributed by atoms with Crippen LogP contribution in [0.15, 0.2) is 49.4 Å². The van der Waals surface area contributed by atoms with Crippen LogP contribution in [0.3, 0.4) is 0 Å². The fraction of sp³-hybridized carbons (Fsp3) is 0.0588. The van der Waals surface area contributed by atoms with E-state index in [2.05, 4.69) is 30.6 Å². The second-order valence-corrected chi connectivity index (χ2v) is 8.67. The number of hydrogen-bond donors (Lipinski definition) is 1. The van der Waals surface area contributed by atoms with E-state index in [1.807, 2.05) is 25.1 Å². The number of rotatable bonds is 3. The Morgan fingerprint density at radius 2 is 2.08 bits per heavy atom. The molecule has 0 radical (unpaired) electrons. The van der Waals surface area contributed by atoms with E-state index in [-0.39, 0.29) is 11.2 Å². The Kier molecular flexibility index (Phi) is 4.43. The summed E-state index contributed by atoms with van der Waals surface area (Å²) in [6.07, 6.45) is 0. The molecule has 1 aromatic carbocycles. The first-order chi connectivity index (χ1) is 12.5. The summed E-state index contributed by atoms with van der Waals surface area (Å²) in [5.41, 5.74) is 1.06. The molecule has 4 aromatic rings. The van der Waals surface area contributed by atoms with Crippen LogP contribution >= 0.6 is 38.8 Å². The number of hydrogen-bond acceptors (Lipinski definition) is 7. The van der Waals surface area contributed by atoms with Crippen LogP contribution in [0.1, 0.15) is 16.1 Å². The van der Waals surface area contributed by atoms with Crippen molar-refractivity contribution >= 4 is 60.8 Å². The zero-order chi connectivity index (χ0) is 18.3. The van der Waals surface area contributed by atoms with Gasteiger partial charge in [0.25, 0.3) is 5.91 Å². The van der Waals surface area contributed by atoms with Crippen LogP contribution in [0, 0.1) is 6.92 Å². The van der Waals surface area contributed by atoms with Gasteiger partial charge in [-0.25, -0.2) is 0 Å². The third-order valence-corrected chi connectivity index (χ3v) is 5.80. The molecule has 0 saturated heterocycles. The number of fused-ring (bicyclic) bond motifs is 1. The molecule has 9 heteroatoms. The van der Waals surface area contributed by atoms with Crippen LogP contribution in [0.5, 0.6) is 0 Å². The summed E-state index contributed by atoms with van der Waals surface area (Å²) < 4.78 is 10.8. The van der Waals surface area contributed by atoms with Gasteiger partial charge in [0.15, 0.2) is 17.0 Å². The number of benzene rings is 1. The highest BCUT2D eigenvalue weighted by Gasteiger charge is 2.16. The molecule has 6 nitrogen and oxygen atoms in total. The van der Waals surface area contributed by atoms with E-state index in [4.69, 9.17) is 4.42 Å². The number of aryl methyl sites for hydroxylation is 1. The third kappa shape index (κ3) is 3.33. The highest BCUT2D eigenvalue weighted by atomic mass is 79.9. The van der Waals surface area contributed by atoms with E-state index in [1.165, 1.54) is 17.4 Å². The number of carbonyl (C=O) groups excluding carboxylic acids is 1. The number of halogens is 1. The molecule has 0 spiro atoms. The number of nitrogens with zero attached hydrogens (tertiary/aromatic N) is 2. The molecule has 4 rings (SSSR count). The number of anilines is 1. The van der Waals surface area contributed by atoms with Crippen LogP contribution in [-0.4, -0.2) is 15.3 Å². The summed E-state index contributed by atoms with van der Waals surface area (Å²) in [4.78, 5) is 29.8. The van der Waals surface area contributed by atoms with Gasteiger partial charge in [-0.2, -0.15) is 9.36 Å². The Bertz CT molecular complexity index is 1200. The van der Waals surface area contributed by atoms with Gasteiger partial charge in [0.1, 0.15) is 5.58 Å². The lowest BCUT2D eigenvalue weighted by Gasteiger charge is -2.03. The zero-order valence-corrected chi connectivity index (χ0v) is 16.5. The molecule has 0 saturated carbocycles. The summed E-state index contributed by atoms with van der Waals surface area (Å²) >= 11 is 5.96. The van der Waals surface area contributed by atoms with E-state index in [0.717, 1.165) is 25.8 Å². The quantitative estimate of drug-likeness (QED) is 0.491. The molecule has 0 fully saturated rings. The normalized spacial score (nSPS) is 11.0. The van der Waals surface area contributed by atoms with Gasteiger partial charge in [-0.05, 0) is 47.1 Å². The highest BCUT2D eigenvalue weighted by molar-refractivity contribution is 9.11. The predicted molar refractivity (Wildman–Crippen MR) is 106 cm³/mol. The molecule has 3 heterocycles. The minimum Gasteiger partial charge on any atom is -0.451 e. The Morgan fingerprint density at radius 1 is 1.23 bits per heavy atom. The summed E-state index contributed by atoms with van der Waals surface area (Å²) in [6.45, 7) is 1.89. The lowest BCUT2D eigenvalue weighted by atomic mass is 10.1. The lowest BCUT2D eigenvalue weighted by Crippen LogP contribution is -2.14. The lowest BCUT2D eigenvalue weighted by molar-refractivity contribution is 0.0997. The van der Waals surface area contributed by atoms with Crippen LogP contribution in [0.4, 0.5) is 5.13 Å². The zero-order valence-electron chi connectivity index (χ0n) is 13.3. The molecule has 0 aliphatic carbocycles. The van der Waals surface area contributed by atoms with E-state index in [0.29, 0.717) is 21.9 Å². The van der Waals surface area contributed by atoms with Crippen molar-refractivity contribution in [2.75, 3.05) is 5.32 Å². The van der Waals surface area contributed by atoms with Crippen molar-refractivity contribution in [2.45, 2.75) is 6.92 Å². The van der Waals surface area contributed by atoms with E-state index >= 15 is 0 Å². The number of nitrogens with one attached hydrogen (secondary N) is 1. The molecule has 0 atom stereocenters. The van der Waals surface area contributed by atoms with Gasteiger partial charge in [0.05, 0.1) is 14.0 Å². The minimum absolute atomic E-state index is 0.0676. The van der Waals surface area contributed by atoms with Crippen molar-refractivity contribution in [3.05, 3.63) is 61.7 Å². The molecule has 26 heavy (non-hydrogen) atoms. The van der Waals surface area contributed by atoms with Gasteiger partial charge in [0.2, 0.25) is 5.13 Å². The molecule has 3 aromatic heterocycles. The maximum atomic E-state index is 12.4.